The predicted molar refractivity (Wildman–Crippen MR) is 118 cm³/mol. The fraction of sp³-hybridized carbons (Fsp3) is 0.167. The van der Waals surface area contributed by atoms with Gasteiger partial charge >= 0.3 is 0 Å². The van der Waals surface area contributed by atoms with Crippen molar-refractivity contribution in [1.29, 1.82) is 0 Å². The van der Waals surface area contributed by atoms with E-state index in [9.17, 15) is 19.7 Å². The number of halogens is 2. The fourth-order valence-electron chi connectivity index (χ4n) is 5.92. The van der Waals surface area contributed by atoms with E-state index in [4.69, 9.17) is 23.2 Å². The Labute approximate surface area is 192 Å². The lowest BCUT2D eigenvalue weighted by Gasteiger charge is -2.48. The van der Waals surface area contributed by atoms with Crippen molar-refractivity contribution in [2.75, 3.05) is 4.90 Å². The van der Waals surface area contributed by atoms with Crippen LogP contribution in [0.2, 0.25) is 10.0 Å². The van der Waals surface area contributed by atoms with Gasteiger partial charge in [-0.15, -0.1) is 0 Å². The first-order valence-electron chi connectivity index (χ1n) is 10.0. The van der Waals surface area contributed by atoms with E-state index in [-0.39, 0.29) is 20.7 Å². The number of anilines is 1. The van der Waals surface area contributed by atoms with Crippen LogP contribution in [0.25, 0.3) is 0 Å². The Bertz CT molecular complexity index is 1320. The van der Waals surface area contributed by atoms with Crippen molar-refractivity contribution in [3.63, 3.8) is 0 Å². The SMILES string of the molecule is O=C1[C@@H]2[C@@H](C(=O)N1c1ccc(Cl)c(Cl)c1)C1c3ccccc3C2([N+](=O)[O-])c2ccccc21. The molecule has 3 aromatic carbocycles. The smallest absolute Gasteiger partial charge is 0.274 e. The first-order valence-corrected chi connectivity index (χ1v) is 10.8. The Morgan fingerprint density at radius 3 is 2.00 bits per heavy atom. The largest absolute Gasteiger partial charge is 0.285 e. The summed E-state index contributed by atoms with van der Waals surface area (Å²) >= 11 is 12.2. The lowest BCUT2D eigenvalue weighted by atomic mass is 9.51. The number of rotatable bonds is 2. The molecule has 32 heavy (non-hydrogen) atoms. The van der Waals surface area contributed by atoms with Crippen molar-refractivity contribution in [2.24, 2.45) is 11.8 Å². The van der Waals surface area contributed by atoms with E-state index >= 15 is 0 Å². The minimum Gasteiger partial charge on any atom is -0.274 e. The number of benzene rings is 3. The summed E-state index contributed by atoms with van der Waals surface area (Å²) in [5.41, 5.74) is 0.821. The maximum atomic E-state index is 13.8. The molecule has 1 heterocycles. The summed E-state index contributed by atoms with van der Waals surface area (Å²) in [6.45, 7) is 0. The van der Waals surface area contributed by atoms with Crippen LogP contribution in [0.4, 0.5) is 5.69 Å². The Hall–Kier alpha value is -3.22. The number of nitrogens with zero attached hydrogens (tertiary/aromatic N) is 2. The molecule has 0 saturated carbocycles. The summed E-state index contributed by atoms with van der Waals surface area (Å²) in [5, 5.41) is 13.4. The number of amides is 2. The topological polar surface area (TPSA) is 80.5 Å². The standard InChI is InChI=1S/C24H14Cl2N2O4/c25-17-10-9-12(11-18(17)26)27-22(29)20-19-13-5-1-3-7-15(13)24(28(31)32,21(20)23(27)30)16-8-4-2-6-14(16)19/h1-11,19-21H/t19?,20-,21-,24?/m0/s1. The molecule has 1 saturated heterocycles. The highest BCUT2D eigenvalue weighted by Crippen LogP contribution is 2.64. The molecular weight excluding hydrogens is 451 g/mol. The van der Waals surface area contributed by atoms with Crippen molar-refractivity contribution in [2.45, 2.75) is 11.5 Å². The van der Waals surface area contributed by atoms with Gasteiger partial charge in [0, 0.05) is 22.0 Å². The number of imide groups is 1. The van der Waals surface area contributed by atoms with E-state index < -0.39 is 35.1 Å². The van der Waals surface area contributed by atoms with E-state index in [1.54, 1.807) is 24.3 Å². The summed E-state index contributed by atoms with van der Waals surface area (Å²) in [5.74, 6) is -3.54. The molecular formula is C24H14Cl2N2O4. The third kappa shape index (κ3) is 2.11. The third-order valence-corrected chi connectivity index (χ3v) is 7.76. The number of nitro groups is 1. The summed E-state index contributed by atoms with van der Waals surface area (Å²) in [7, 11) is 0. The molecule has 0 N–H and O–H groups in total. The van der Waals surface area contributed by atoms with E-state index in [0.717, 1.165) is 16.0 Å². The van der Waals surface area contributed by atoms with Crippen molar-refractivity contribution < 1.29 is 14.5 Å². The normalized spacial score (nSPS) is 27.2. The van der Waals surface area contributed by atoms with Gasteiger partial charge in [-0.25, -0.2) is 4.90 Å². The van der Waals surface area contributed by atoms with E-state index in [1.165, 1.54) is 18.2 Å². The molecule has 4 aliphatic rings. The number of carbonyl (C=O) groups is 2. The quantitative estimate of drug-likeness (QED) is 0.310. The Balaban J connectivity index is 1.66. The molecule has 0 radical (unpaired) electrons. The lowest BCUT2D eigenvalue weighted by Crippen LogP contribution is -2.57. The van der Waals surface area contributed by atoms with Gasteiger partial charge < -0.3 is 0 Å². The van der Waals surface area contributed by atoms with Gasteiger partial charge in [-0.1, -0.05) is 71.7 Å². The molecule has 6 nitrogen and oxygen atoms in total. The van der Waals surface area contributed by atoms with Crippen molar-refractivity contribution in [3.8, 4) is 0 Å². The molecule has 1 aliphatic heterocycles. The number of hydrogen-bond donors (Lipinski definition) is 0. The summed E-state index contributed by atoms with van der Waals surface area (Å²) in [6.07, 6.45) is 0. The zero-order valence-electron chi connectivity index (χ0n) is 16.4. The number of carbonyl (C=O) groups excluding carboxylic acids is 2. The zero-order valence-corrected chi connectivity index (χ0v) is 17.9. The molecule has 1 fully saturated rings. The minimum atomic E-state index is -1.84. The second-order valence-electron chi connectivity index (χ2n) is 8.29. The predicted octanol–water partition coefficient (Wildman–Crippen LogP) is 4.78. The van der Waals surface area contributed by atoms with E-state index in [2.05, 4.69) is 0 Å². The summed E-state index contributed by atoms with van der Waals surface area (Å²) < 4.78 is 0. The van der Waals surface area contributed by atoms with Crippen LogP contribution >= 0.6 is 23.2 Å². The third-order valence-electron chi connectivity index (χ3n) is 7.02. The van der Waals surface area contributed by atoms with Gasteiger partial charge in [0.15, 0.2) is 0 Å². The van der Waals surface area contributed by atoms with Crippen LogP contribution in [0, 0.1) is 22.0 Å². The fourth-order valence-corrected chi connectivity index (χ4v) is 6.21. The summed E-state index contributed by atoms with van der Waals surface area (Å²) in [4.78, 5) is 41.1. The van der Waals surface area contributed by atoms with Gasteiger partial charge in [0.1, 0.15) is 5.92 Å². The van der Waals surface area contributed by atoms with Gasteiger partial charge in [-0.3, -0.25) is 19.7 Å². The molecule has 2 amide bonds. The Morgan fingerprint density at radius 2 is 1.44 bits per heavy atom. The summed E-state index contributed by atoms with van der Waals surface area (Å²) in [6, 6.07) is 18.6. The molecule has 3 aromatic rings. The molecule has 3 aliphatic carbocycles. The average Bonchev–Trinajstić information content (AvgIpc) is 3.06. The van der Waals surface area contributed by atoms with Crippen LogP contribution in [0.1, 0.15) is 28.2 Å². The first-order chi connectivity index (χ1) is 15.4. The van der Waals surface area contributed by atoms with Gasteiger partial charge in [-0.2, -0.15) is 0 Å². The van der Waals surface area contributed by atoms with Crippen molar-refractivity contribution in [3.05, 3.63) is 109 Å². The van der Waals surface area contributed by atoms with Crippen LogP contribution in [-0.4, -0.2) is 16.7 Å². The Kier molecular flexibility index (Phi) is 3.89. The molecule has 0 unspecified atom stereocenters. The van der Waals surface area contributed by atoms with Gasteiger partial charge in [-0.05, 0) is 29.3 Å². The monoisotopic (exact) mass is 464 g/mol. The van der Waals surface area contributed by atoms with Crippen LogP contribution in [0.5, 0.6) is 0 Å². The van der Waals surface area contributed by atoms with Gasteiger partial charge in [0.05, 0.1) is 21.7 Å². The van der Waals surface area contributed by atoms with Gasteiger partial charge in [0.25, 0.3) is 5.54 Å². The van der Waals surface area contributed by atoms with Crippen LogP contribution in [0.3, 0.4) is 0 Å². The van der Waals surface area contributed by atoms with Crippen LogP contribution in [0.15, 0.2) is 66.7 Å². The maximum Gasteiger partial charge on any atom is 0.285 e. The second kappa shape index (κ2) is 6.40. The average molecular weight is 465 g/mol. The molecule has 2 atom stereocenters. The van der Waals surface area contributed by atoms with E-state index in [1.807, 2.05) is 24.3 Å². The molecule has 0 spiro atoms. The Morgan fingerprint density at radius 1 is 0.844 bits per heavy atom. The molecule has 8 heteroatoms. The van der Waals surface area contributed by atoms with Crippen molar-refractivity contribution in [1.82, 2.24) is 0 Å². The first kappa shape index (κ1) is 19.5. The minimum absolute atomic E-state index is 0.193. The molecule has 158 valence electrons. The molecule has 7 rings (SSSR count). The molecule has 2 bridgehead atoms. The van der Waals surface area contributed by atoms with E-state index in [0.29, 0.717) is 11.1 Å². The highest BCUT2D eigenvalue weighted by Gasteiger charge is 2.74. The van der Waals surface area contributed by atoms with Crippen LogP contribution < -0.4 is 4.90 Å². The maximum absolute atomic E-state index is 13.8. The lowest BCUT2D eigenvalue weighted by molar-refractivity contribution is -0.578. The van der Waals surface area contributed by atoms with Crippen molar-refractivity contribution >= 4 is 40.7 Å². The highest BCUT2D eigenvalue weighted by atomic mass is 35.5. The molecule has 0 aromatic heterocycles. The highest BCUT2D eigenvalue weighted by molar-refractivity contribution is 6.42. The zero-order chi connectivity index (χ0) is 22.4. The number of hydrogen-bond acceptors (Lipinski definition) is 4. The second-order valence-corrected chi connectivity index (χ2v) is 9.10. The van der Waals surface area contributed by atoms with Gasteiger partial charge in [0.2, 0.25) is 11.8 Å². The van der Waals surface area contributed by atoms with Crippen LogP contribution in [-0.2, 0) is 15.1 Å².